The van der Waals surface area contributed by atoms with E-state index in [0.29, 0.717) is 5.56 Å². The van der Waals surface area contributed by atoms with Crippen molar-refractivity contribution in [3.63, 3.8) is 0 Å². The highest BCUT2D eigenvalue weighted by Gasteiger charge is 2.16. The van der Waals surface area contributed by atoms with Crippen molar-refractivity contribution in [2.24, 2.45) is 0 Å². The van der Waals surface area contributed by atoms with Gasteiger partial charge in [0.1, 0.15) is 12.4 Å². The number of benzene rings is 2. The minimum atomic E-state index is -0.294. The molecular weight excluding hydrogens is 328 g/mol. The first-order chi connectivity index (χ1) is 12.7. The Morgan fingerprint density at radius 1 is 1.12 bits per heavy atom. The number of ether oxygens (including phenoxy) is 1. The van der Waals surface area contributed by atoms with Crippen molar-refractivity contribution in [3.8, 4) is 5.75 Å². The van der Waals surface area contributed by atoms with Crippen LogP contribution in [0, 0.1) is 0 Å². The van der Waals surface area contributed by atoms with E-state index in [9.17, 15) is 4.79 Å². The van der Waals surface area contributed by atoms with E-state index in [-0.39, 0.29) is 18.3 Å². The minimum Gasteiger partial charge on any atom is -0.489 e. The standard InChI is InChI=1S/C21H22N2O3/c1-3-23(2)18-9-7-8-17(14-18)22-21(24)20-16(12-13-25-20)15-26-19-10-5-4-6-11-19/h4-14H,3,15H2,1-2H3,(H,22,24). The maximum absolute atomic E-state index is 12.6. The van der Waals surface area contributed by atoms with Gasteiger partial charge in [-0.05, 0) is 43.3 Å². The van der Waals surface area contributed by atoms with Crippen LogP contribution >= 0.6 is 0 Å². The van der Waals surface area contributed by atoms with E-state index in [4.69, 9.17) is 9.15 Å². The van der Waals surface area contributed by atoms with Crippen molar-refractivity contribution < 1.29 is 13.9 Å². The molecule has 5 nitrogen and oxygen atoms in total. The molecule has 1 aromatic heterocycles. The van der Waals surface area contributed by atoms with Gasteiger partial charge in [-0.1, -0.05) is 24.3 Å². The molecule has 0 bridgehead atoms. The van der Waals surface area contributed by atoms with Crippen LogP contribution in [0.2, 0.25) is 0 Å². The van der Waals surface area contributed by atoms with Crippen LogP contribution in [0.5, 0.6) is 5.75 Å². The lowest BCUT2D eigenvalue weighted by Crippen LogP contribution is -2.17. The number of amides is 1. The minimum absolute atomic E-state index is 0.259. The average Bonchev–Trinajstić information content (AvgIpc) is 3.15. The van der Waals surface area contributed by atoms with E-state index in [1.165, 1.54) is 6.26 Å². The molecule has 0 fully saturated rings. The van der Waals surface area contributed by atoms with Gasteiger partial charge in [-0.15, -0.1) is 0 Å². The molecule has 0 aliphatic heterocycles. The number of hydrogen-bond acceptors (Lipinski definition) is 4. The summed E-state index contributed by atoms with van der Waals surface area (Å²) in [5, 5.41) is 2.89. The summed E-state index contributed by atoms with van der Waals surface area (Å²) in [6.07, 6.45) is 1.50. The fraction of sp³-hybridized carbons (Fsp3) is 0.190. The van der Waals surface area contributed by atoms with Gasteiger partial charge in [-0.25, -0.2) is 0 Å². The van der Waals surface area contributed by atoms with Crippen molar-refractivity contribution in [2.75, 3.05) is 23.8 Å². The van der Waals surface area contributed by atoms with E-state index in [2.05, 4.69) is 17.1 Å². The number of carbonyl (C=O) groups is 1. The van der Waals surface area contributed by atoms with Crippen LogP contribution in [0.3, 0.4) is 0 Å². The molecular formula is C21H22N2O3. The first kappa shape index (κ1) is 17.6. The van der Waals surface area contributed by atoms with Gasteiger partial charge in [-0.2, -0.15) is 0 Å². The fourth-order valence-corrected chi connectivity index (χ4v) is 2.52. The van der Waals surface area contributed by atoms with Crippen LogP contribution in [0.25, 0.3) is 0 Å². The first-order valence-electron chi connectivity index (χ1n) is 8.54. The molecule has 1 heterocycles. The summed E-state index contributed by atoms with van der Waals surface area (Å²) in [5.74, 6) is 0.712. The molecule has 0 atom stereocenters. The van der Waals surface area contributed by atoms with Crippen LogP contribution in [0.1, 0.15) is 23.0 Å². The smallest absolute Gasteiger partial charge is 0.291 e. The summed E-state index contributed by atoms with van der Waals surface area (Å²) in [7, 11) is 2.01. The molecule has 0 unspecified atom stereocenters. The van der Waals surface area contributed by atoms with E-state index >= 15 is 0 Å². The Bertz CT molecular complexity index is 858. The highest BCUT2D eigenvalue weighted by molar-refractivity contribution is 6.03. The lowest BCUT2D eigenvalue weighted by Gasteiger charge is -2.17. The SMILES string of the molecule is CCN(C)c1cccc(NC(=O)c2occc2COc2ccccc2)c1. The van der Waals surface area contributed by atoms with E-state index in [1.807, 2.05) is 61.6 Å². The normalized spacial score (nSPS) is 10.4. The third-order valence-corrected chi connectivity index (χ3v) is 4.11. The topological polar surface area (TPSA) is 54.7 Å². The maximum Gasteiger partial charge on any atom is 0.291 e. The van der Waals surface area contributed by atoms with Gasteiger partial charge in [0.2, 0.25) is 0 Å². The number of nitrogens with zero attached hydrogens (tertiary/aromatic N) is 1. The molecule has 1 amide bonds. The quantitative estimate of drug-likeness (QED) is 0.678. The molecule has 0 radical (unpaired) electrons. The highest BCUT2D eigenvalue weighted by Crippen LogP contribution is 2.21. The second-order valence-corrected chi connectivity index (χ2v) is 5.90. The summed E-state index contributed by atoms with van der Waals surface area (Å²) in [5.41, 5.74) is 2.46. The number of hydrogen-bond donors (Lipinski definition) is 1. The summed E-state index contributed by atoms with van der Waals surface area (Å²) in [4.78, 5) is 14.7. The largest absolute Gasteiger partial charge is 0.489 e. The molecule has 0 saturated heterocycles. The van der Waals surface area contributed by atoms with Crippen LogP contribution in [-0.4, -0.2) is 19.5 Å². The molecule has 0 saturated carbocycles. The number of carbonyl (C=O) groups excluding carboxylic acids is 1. The van der Waals surface area contributed by atoms with Gasteiger partial charge in [0, 0.05) is 30.5 Å². The van der Waals surface area contributed by atoms with Crippen LogP contribution in [0.15, 0.2) is 71.3 Å². The van der Waals surface area contributed by atoms with E-state index in [1.54, 1.807) is 6.07 Å². The van der Waals surface area contributed by atoms with Gasteiger partial charge < -0.3 is 19.4 Å². The number of para-hydroxylation sites is 1. The third kappa shape index (κ3) is 4.25. The lowest BCUT2D eigenvalue weighted by atomic mass is 10.2. The molecule has 0 aliphatic rings. The molecule has 2 aromatic carbocycles. The number of anilines is 2. The number of rotatable bonds is 7. The Balaban J connectivity index is 1.68. The summed E-state index contributed by atoms with van der Waals surface area (Å²) >= 11 is 0. The predicted molar refractivity (Wildman–Crippen MR) is 103 cm³/mol. The van der Waals surface area contributed by atoms with Gasteiger partial charge in [0.15, 0.2) is 5.76 Å². The molecule has 26 heavy (non-hydrogen) atoms. The fourth-order valence-electron chi connectivity index (χ4n) is 2.52. The van der Waals surface area contributed by atoms with E-state index < -0.39 is 0 Å². The van der Waals surface area contributed by atoms with E-state index in [0.717, 1.165) is 23.7 Å². The van der Waals surface area contributed by atoms with Crippen LogP contribution < -0.4 is 15.0 Å². The van der Waals surface area contributed by atoms with Gasteiger partial charge in [0.25, 0.3) is 5.91 Å². The Hall–Kier alpha value is -3.21. The first-order valence-corrected chi connectivity index (χ1v) is 8.54. The van der Waals surface area contributed by atoms with Crippen LogP contribution in [-0.2, 0) is 6.61 Å². The Labute approximate surface area is 153 Å². The maximum atomic E-state index is 12.6. The molecule has 134 valence electrons. The zero-order valence-electron chi connectivity index (χ0n) is 14.9. The summed E-state index contributed by atoms with van der Waals surface area (Å²) in [6, 6.07) is 18.9. The third-order valence-electron chi connectivity index (χ3n) is 4.11. The molecule has 5 heteroatoms. The number of furan rings is 1. The Morgan fingerprint density at radius 2 is 1.92 bits per heavy atom. The highest BCUT2D eigenvalue weighted by atomic mass is 16.5. The van der Waals surface area contributed by atoms with Gasteiger partial charge >= 0.3 is 0 Å². The van der Waals surface area contributed by atoms with Crippen molar-refractivity contribution >= 4 is 17.3 Å². The van der Waals surface area contributed by atoms with Crippen LogP contribution in [0.4, 0.5) is 11.4 Å². The van der Waals surface area contributed by atoms with Crippen molar-refractivity contribution in [2.45, 2.75) is 13.5 Å². The average molecular weight is 350 g/mol. The van der Waals surface area contributed by atoms with Crippen molar-refractivity contribution in [3.05, 3.63) is 78.3 Å². The molecule has 3 rings (SSSR count). The zero-order chi connectivity index (χ0) is 18.4. The molecule has 0 aliphatic carbocycles. The Morgan fingerprint density at radius 3 is 2.69 bits per heavy atom. The second-order valence-electron chi connectivity index (χ2n) is 5.90. The van der Waals surface area contributed by atoms with Gasteiger partial charge in [-0.3, -0.25) is 4.79 Å². The van der Waals surface area contributed by atoms with Crippen molar-refractivity contribution in [1.29, 1.82) is 0 Å². The Kier molecular flexibility index (Phi) is 5.59. The monoisotopic (exact) mass is 350 g/mol. The summed E-state index contributed by atoms with van der Waals surface area (Å²) in [6.45, 7) is 3.23. The molecule has 0 spiro atoms. The predicted octanol–water partition coefficient (Wildman–Crippen LogP) is 4.57. The molecule has 3 aromatic rings. The number of nitrogens with one attached hydrogen (secondary N) is 1. The van der Waals surface area contributed by atoms with Gasteiger partial charge in [0.05, 0.1) is 6.26 Å². The van der Waals surface area contributed by atoms with Crippen molar-refractivity contribution in [1.82, 2.24) is 0 Å². The molecule has 1 N–H and O–H groups in total. The summed E-state index contributed by atoms with van der Waals surface area (Å²) < 4.78 is 11.1. The zero-order valence-corrected chi connectivity index (χ0v) is 14.9. The second kappa shape index (κ2) is 8.25. The lowest BCUT2D eigenvalue weighted by molar-refractivity contribution is 0.0993.